The number of benzene rings is 1. The summed E-state index contributed by atoms with van der Waals surface area (Å²) in [5.41, 5.74) is 2.36. The van der Waals surface area contributed by atoms with Crippen LogP contribution in [-0.4, -0.2) is 5.16 Å². The van der Waals surface area contributed by atoms with E-state index in [0.717, 1.165) is 12.0 Å². The van der Waals surface area contributed by atoms with Crippen LogP contribution in [0.2, 0.25) is 0 Å². The van der Waals surface area contributed by atoms with Gasteiger partial charge in [-0.3, -0.25) is 4.52 Å². The predicted molar refractivity (Wildman–Crippen MR) is 67.5 cm³/mol. The van der Waals surface area contributed by atoms with Gasteiger partial charge in [0, 0.05) is 0 Å². The van der Waals surface area contributed by atoms with Crippen molar-refractivity contribution in [2.75, 3.05) is 0 Å². The molecule has 2 aromatic rings. The third kappa shape index (κ3) is 2.88. The van der Waals surface area contributed by atoms with Crippen LogP contribution in [0.25, 0.3) is 0 Å². The molecule has 0 saturated carbocycles. The lowest BCUT2D eigenvalue weighted by molar-refractivity contribution is 0.334. The van der Waals surface area contributed by atoms with E-state index in [9.17, 15) is 4.79 Å². The van der Waals surface area contributed by atoms with Crippen molar-refractivity contribution in [3.05, 3.63) is 51.9 Å². The summed E-state index contributed by atoms with van der Waals surface area (Å²) in [6.07, 6.45) is 1.06. The van der Waals surface area contributed by atoms with E-state index in [1.54, 1.807) is 0 Å². The average Bonchev–Trinajstić information content (AvgIpc) is 2.75. The van der Waals surface area contributed by atoms with Crippen LogP contribution in [0, 0.1) is 5.92 Å². The Morgan fingerprint density at radius 2 is 1.83 bits per heavy atom. The first-order valence-electron chi connectivity index (χ1n) is 6.12. The lowest BCUT2D eigenvalue weighted by Crippen LogP contribution is -1.99. The van der Waals surface area contributed by atoms with E-state index in [1.807, 2.05) is 19.1 Å². The molecule has 1 aromatic carbocycles. The summed E-state index contributed by atoms with van der Waals surface area (Å²) < 4.78 is 9.27. The van der Waals surface area contributed by atoms with Gasteiger partial charge >= 0.3 is 5.82 Å². The Kier molecular flexibility index (Phi) is 3.65. The van der Waals surface area contributed by atoms with Crippen LogP contribution in [0.15, 0.2) is 38.0 Å². The van der Waals surface area contributed by atoms with Gasteiger partial charge in [0.05, 0.1) is 5.92 Å². The molecule has 0 N–H and O–H groups in total. The summed E-state index contributed by atoms with van der Waals surface area (Å²) in [6, 6.07) is 8.28. The van der Waals surface area contributed by atoms with E-state index in [2.05, 4.69) is 35.7 Å². The quantitative estimate of drug-likeness (QED) is 0.833. The molecule has 2 rings (SSSR count). The number of rotatable bonds is 4. The standard InChI is InChI=1S/C14H17NO3/c1-9(2)8-11-4-6-12(7-5-11)10(3)13-15-18-14(16)17-13/h4-7,9-10H,8H2,1-3H3. The third-order valence-corrected chi connectivity index (χ3v) is 2.89. The van der Waals surface area contributed by atoms with E-state index in [0.29, 0.717) is 11.8 Å². The fraction of sp³-hybridized carbons (Fsp3) is 0.429. The maximum absolute atomic E-state index is 10.8. The Bertz CT molecular complexity index is 551. The minimum atomic E-state index is -0.756. The molecule has 1 heterocycles. The second-order valence-electron chi connectivity index (χ2n) is 4.93. The number of hydrogen-bond acceptors (Lipinski definition) is 4. The molecule has 0 aliphatic carbocycles. The zero-order valence-electron chi connectivity index (χ0n) is 10.8. The summed E-state index contributed by atoms with van der Waals surface area (Å²) in [6.45, 7) is 6.32. The monoisotopic (exact) mass is 247 g/mol. The Labute approximate surface area is 106 Å². The summed E-state index contributed by atoms with van der Waals surface area (Å²) in [5.74, 6) is 0.122. The maximum Gasteiger partial charge on any atom is 0.542 e. The highest BCUT2D eigenvalue weighted by Gasteiger charge is 2.15. The first-order chi connectivity index (χ1) is 8.56. The van der Waals surface area contributed by atoms with E-state index in [-0.39, 0.29) is 5.92 Å². The smallest absolute Gasteiger partial charge is 0.374 e. The van der Waals surface area contributed by atoms with Crippen molar-refractivity contribution in [2.24, 2.45) is 5.92 Å². The summed E-state index contributed by atoms with van der Waals surface area (Å²) in [5, 5.41) is 3.61. The highest BCUT2D eigenvalue weighted by molar-refractivity contribution is 5.27. The minimum Gasteiger partial charge on any atom is -0.374 e. The van der Waals surface area contributed by atoms with Crippen LogP contribution in [0.4, 0.5) is 0 Å². The Balaban J connectivity index is 2.16. The van der Waals surface area contributed by atoms with E-state index < -0.39 is 5.82 Å². The van der Waals surface area contributed by atoms with Crippen LogP contribution < -0.4 is 5.82 Å². The first kappa shape index (κ1) is 12.6. The molecule has 0 spiro atoms. The fourth-order valence-electron chi connectivity index (χ4n) is 1.93. The van der Waals surface area contributed by atoms with Crippen molar-refractivity contribution >= 4 is 0 Å². The predicted octanol–water partition coefficient (Wildman–Crippen LogP) is 2.98. The lowest BCUT2D eigenvalue weighted by atomic mass is 9.97. The molecule has 1 unspecified atom stereocenters. The van der Waals surface area contributed by atoms with Crippen LogP contribution in [0.1, 0.15) is 43.7 Å². The minimum absolute atomic E-state index is 0.0791. The summed E-state index contributed by atoms with van der Waals surface area (Å²) in [4.78, 5) is 10.8. The zero-order valence-corrected chi connectivity index (χ0v) is 10.8. The summed E-state index contributed by atoms with van der Waals surface area (Å²) >= 11 is 0. The van der Waals surface area contributed by atoms with Crippen molar-refractivity contribution in [1.82, 2.24) is 5.16 Å². The SMILES string of the molecule is CC(C)Cc1ccc(C(C)c2noc(=O)o2)cc1. The maximum atomic E-state index is 10.8. The summed E-state index contributed by atoms with van der Waals surface area (Å²) in [7, 11) is 0. The van der Waals surface area contributed by atoms with Gasteiger partial charge in [0.15, 0.2) is 0 Å². The van der Waals surface area contributed by atoms with Crippen molar-refractivity contribution in [3.63, 3.8) is 0 Å². The van der Waals surface area contributed by atoms with Crippen LogP contribution >= 0.6 is 0 Å². The molecule has 18 heavy (non-hydrogen) atoms. The van der Waals surface area contributed by atoms with Gasteiger partial charge < -0.3 is 4.42 Å². The second-order valence-corrected chi connectivity index (χ2v) is 4.93. The van der Waals surface area contributed by atoms with Crippen LogP contribution in [0.3, 0.4) is 0 Å². The Morgan fingerprint density at radius 3 is 2.33 bits per heavy atom. The molecule has 1 atom stereocenters. The number of hydrogen-bond donors (Lipinski definition) is 0. The number of aromatic nitrogens is 1. The molecule has 96 valence electrons. The van der Waals surface area contributed by atoms with Gasteiger partial charge in [-0.15, -0.1) is 0 Å². The van der Waals surface area contributed by atoms with Crippen molar-refractivity contribution < 1.29 is 8.94 Å². The molecule has 4 nitrogen and oxygen atoms in total. The van der Waals surface area contributed by atoms with Gasteiger partial charge in [0.25, 0.3) is 0 Å². The average molecular weight is 247 g/mol. The molecule has 0 aliphatic heterocycles. The normalized spacial score (nSPS) is 12.9. The van der Waals surface area contributed by atoms with Crippen LogP contribution in [0.5, 0.6) is 0 Å². The Morgan fingerprint density at radius 1 is 1.17 bits per heavy atom. The van der Waals surface area contributed by atoms with Gasteiger partial charge in [-0.2, -0.15) is 0 Å². The van der Waals surface area contributed by atoms with Gasteiger partial charge in [-0.25, -0.2) is 4.79 Å². The molecule has 4 heteroatoms. The van der Waals surface area contributed by atoms with E-state index in [1.165, 1.54) is 5.56 Å². The molecule has 0 bridgehead atoms. The number of nitrogens with zero attached hydrogens (tertiary/aromatic N) is 1. The molecule has 1 aromatic heterocycles. The largest absolute Gasteiger partial charge is 0.542 e. The van der Waals surface area contributed by atoms with Crippen LogP contribution in [-0.2, 0) is 6.42 Å². The topological polar surface area (TPSA) is 56.2 Å². The molecule has 0 aliphatic rings. The van der Waals surface area contributed by atoms with Gasteiger partial charge in [0.1, 0.15) is 0 Å². The van der Waals surface area contributed by atoms with Gasteiger partial charge in [-0.05, 0) is 35.5 Å². The highest BCUT2D eigenvalue weighted by Crippen LogP contribution is 2.22. The first-order valence-corrected chi connectivity index (χ1v) is 6.12. The van der Waals surface area contributed by atoms with Gasteiger partial charge in [-0.1, -0.05) is 38.1 Å². The molecule has 0 fully saturated rings. The molecular weight excluding hydrogens is 230 g/mol. The Hall–Kier alpha value is -1.84. The zero-order chi connectivity index (χ0) is 13.1. The molecular formula is C14H17NO3. The van der Waals surface area contributed by atoms with E-state index >= 15 is 0 Å². The second kappa shape index (κ2) is 5.21. The van der Waals surface area contributed by atoms with Crippen molar-refractivity contribution in [2.45, 2.75) is 33.1 Å². The highest BCUT2D eigenvalue weighted by atomic mass is 16.6. The van der Waals surface area contributed by atoms with E-state index in [4.69, 9.17) is 4.42 Å². The van der Waals surface area contributed by atoms with Crippen molar-refractivity contribution in [3.8, 4) is 0 Å². The van der Waals surface area contributed by atoms with Gasteiger partial charge in [0.2, 0.25) is 5.89 Å². The lowest BCUT2D eigenvalue weighted by Gasteiger charge is -2.09. The molecule has 0 saturated heterocycles. The fourth-order valence-corrected chi connectivity index (χ4v) is 1.93. The van der Waals surface area contributed by atoms with Crippen molar-refractivity contribution in [1.29, 1.82) is 0 Å². The molecule has 0 amide bonds. The molecule has 0 radical (unpaired) electrons. The third-order valence-electron chi connectivity index (χ3n) is 2.89.